The van der Waals surface area contributed by atoms with Crippen LogP contribution in [0.4, 0.5) is 0 Å². The topological polar surface area (TPSA) is 60.5 Å². The highest BCUT2D eigenvalue weighted by Crippen LogP contribution is 2.37. The van der Waals surface area contributed by atoms with E-state index in [-0.39, 0.29) is 0 Å². The molecule has 1 aromatic heterocycles. The Kier molecular flexibility index (Phi) is 3.44. The average Bonchev–Trinajstić information content (AvgIpc) is 2.82. The van der Waals surface area contributed by atoms with Crippen LogP contribution in [0.3, 0.4) is 0 Å². The summed E-state index contributed by atoms with van der Waals surface area (Å²) in [7, 11) is 0. The minimum atomic E-state index is 0.385. The second-order valence-electron chi connectivity index (χ2n) is 3.78. The van der Waals surface area contributed by atoms with Crippen molar-refractivity contribution in [2.24, 2.45) is 0 Å². The van der Waals surface area contributed by atoms with E-state index in [0.717, 1.165) is 4.90 Å². The third kappa shape index (κ3) is 2.18. The molecule has 0 amide bonds. The van der Waals surface area contributed by atoms with Gasteiger partial charge in [-0.05, 0) is 18.9 Å². The van der Waals surface area contributed by atoms with Crippen LogP contribution in [-0.2, 0) is 0 Å². The Morgan fingerprint density at radius 2 is 2.00 bits per heavy atom. The summed E-state index contributed by atoms with van der Waals surface area (Å²) >= 11 is 1.65. The summed E-state index contributed by atoms with van der Waals surface area (Å²) in [5.74, 6) is 0. The van der Waals surface area contributed by atoms with Gasteiger partial charge in [-0.1, -0.05) is 12.8 Å². The molecule has 1 heterocycles. The second-order valence-corrected chi connectivity index (χ2v) is 5.09. The van der Waals surface area contributed by atoms with E-state index in [1.165, 1.54) is 31.9 Å². The Hall–Kier alpha value is -1.52. The maximum atomic E-state index is 9.01. The van der Waals surface area contributed by atoms with E-state index in [0.29, 0.717) is 16.5 Å². The van der Waals surface area contributed by atoms with Gasteiger partial charge in [-0.3, -0.25) is 0 Å². The highest BCUT2D eigenvalue weighted by Gasteiger charge is 2.20. The number of nitriles is 2. The van der Waals surface area contributed by atoms with Crippen LogP contribution < -0.4 is 0 Å². The van der Waals surface area contributed by atoms with Crippen LogP contribution in [0.5, 0.6) is 0 Å². The third-order valence-electron chi connectivity index (χ3n) is 2.72. The molecular weight excluding hydrogens is 218 g/mol. The molecule has 0 spiro atoms. The van der Waals surface area contributed by atoms with Crippen LogP contribution in [0.1, 0.15) is 36.9 Å². The lowest BCUT2D eigenvalue weighted by molar-refractivity contribution is 0.886. The monoisotopic (exact) mass is 229 g/mol. The predicted molar refractivity (Wildman–Crippen MR) is 61.8 cm³/mol. The van der Waals surface area contributed by atoms with Crippen molar-refractivity contribution in [1.29, 1.82) is 10.5 Å². The van der Waals surface area contributed by atoms with Gasteiger partial charge in [0.15, 0.2) is 5.69 Å². The van der Waals surface area contributed by atoms with Crippen LogP contribution in [0, 0.1) is 22.7 Å². The van der Waals surface area contributed by atoms with Crippen LogP contribution in [0.25, 0.3) is 0 Å². The van der Waals surface area contributed by atoms with Crippen molar-refractivity contribution < 1.29 is 0 Å². The van der Waals surface area contributed by atoms with Gasteiger partial charge in [-0.2, -0.15) is 10.5 Å². The molecule has 0 N–H and O–H groups in total. The molecule has 0 aromatic carbocycles. The summed E-state index contributed by atoms with van der Waals surface area (Å²) in [6, 6.07) is 5.87. The van der Waals surface area contributed by atoms with Gasteiger partial charge in [0.2, 0.25) is 0 Å². The molecule has 0 radical (unpaired) electrons. The molecule has 0 aliphatic heterocycles. The summed E-state index contributed by atoms with van der Waals surface area (Å²) in [4.78, 5) is 4.78. The fourth-order valence-corrected chi connectivity index (χ4v) is 3.26. The predicted octanol–water partition coefficient (Wildman–Crippen LogP) is 2.86. The number of thioether (sulfide) groups is 1. The van der Waals surface area contributed by atoms with Gasteiger partial charge in [0.1, 0.15) is 12.1 Å². The molecule has 80 valence electrons. The summed E-state index contributed by atoms with van der Waals surface area (Å²) in [5, 5.41) is 18.5. The minimum Gasteiger partial charge on any atom is -0.244 e. The van der Waals surface area contributed by atoms with Crippen molar-refractivity contribution in [3.8, 4) is 12.1 Å². The zero-order valence-corrected chi connectivity index (χ0v) is 9.63. The summed E-state index contributed by atoms with van der Waals surface area (Å²) < 4.78 is 0. The number of hydrogen-bond donors (Lipinski definition) is 0. The molecule has 0 saturated heterocycles. The van der Waals surface area contributed by atoms with Crippen molar-refractivity contribution in [2.75, 3.05) is 0 Å². The second kappa shape index (κ2) is 5.01. The first-order chi connectivity index (χ1) is 7.85. The molecule has 0 unspecified atom stereocenters. The highest BCUT2D eigenvalue weighted by atomic mass is 32.2. The van der Waals surface area contributed by atoms with E-state index in [9.17, 15) is 0 Å². The maximum absolute atomic E-state index is 9.01. The van der Waals surface area contributed by atoms with Gasteiger partial charge in [0, 0.05) is 11.4 Å². The molecule has 3 nitrogen and oxygen atoms in total. The van der Waals surface area contributed by atoms with Crippen molar-refractivity contribution in [3.05, 3.63) is 23.5 Å². The Morgan fingerprint density at radius 1 is 1.25 bits per heavy atom. The van der Waals surface area contributed by atoms with Gasteiger partial charge in [-0.25, -0.2) is 4.98 Å². The quantitative estimate of drug-likeness (QED) is 0.782. The molecule has 1 aliphatic carbocycles. The standard InChI is InChI=1S/C12H11N3S/c13-7-9-5-6-15-11(8-14)12(9)16-10-3-1-2-4-10/h5-6,10H,1-4H2. The SMILES string of the molecule is N#Cc1ccnc(C#N)c1SC1CCCC1. The molecular formula is C12H11N3S. The molecule has 1 aromatic rings. The zero-order chi connectivity index (χ0) is 11.4. The van der Waals surface area contributed by atoms with E-state index in [4.69, 9.17) is 10.5 Å². The van der Waals surface area contributed by atoms with Crippen LogP contribution in [0.2, 0.25) is 0 Å². The van der Waals surface area contributed by atoms with Gasteiger partial charge in [0.05, 0.1) is 10.5 Å². The summed E-state index contributed by atoms with van der Waals surface area (Å²) in [6.07, 6.45) is 6.38. The lowest BCUT2D eigenvalue weighted by Crippen LogP contribution is -1.98. The van der Waals surface area contributed by atoms with E-state index in [1.807, 2.05) is 0 Å². The highest BCUT2D eigenvalue weighted by molar-refractivity contribution is 8.00. The number of rotatable bonds is 2. The first-order valence-electron chi connectivity index (χ1n) is 5.31. The van der Waals surface area contributed by atoms with Crippen LogP contribution in [-0.4, -0.2) is 10.2 Å². The molecule has 16 heavy (non-hydrogen) atoms. The Labute approximate surface area is 99.1 Å². The number of pyridine rings is 1. The van der Waals surface area contributed by atoms with Gasteiger partial charge < -0.3 is 0 Å². The average molecular weight is 229 g/mol. The fourth-order valence-electron chi connectivity index (χ4n) is 1.91. The van der Waals surface area contributed by atoms with E-state index >= 15 is 0 Å². The normalized spacial score (nSPS) is 15.6. The molecule has 1 aliphatic rings. The molecule has 2 rings (SSSR count). The lowest BCUT2D eigenvalue weighted by Gasteiger charge is -2.10. The molecule has 1 fully saturated rings. The molecule has 0 bridgehead atoms. The number of hydrogen-bond acceptors (Lipinski definition) is 4. The van der Waals surface area contributed by atoms with Crippen molar-refractivity contribution in [3.63, 3.8) is 0 Å². The van der Waals surface area contributed by atoms with E-state index < -0.39 is 0 Å². The van der Waals surface area contributed by atoms with E-state index in [2.05, 4.69) is 17.1 Å². The summed E-state index contributed by atoms with van der Waals surface area (Å²) in [6.45, 7) is 0. The molecule has 4 heteroatoms. The Bertz CT molecular complexity index is 432. The van der Waals surface area contributed by atoms with Gasteiger partial charge in [-0.15, -0.1) is 11.8 Å². The molecule has 1 saturated carbocycles. The first kappa shape index (κ1) is 11.0. The maximum Gasteiger partial charge on any atom is 0.155 e. The fraction of sp³-hybridized carbons (Fsp3) is 0.417. The zero-order valence-electron chi connectivity index (χ0n) is 8.81. The largest absolute Gasteiger partial charge is 0.244 e. The third-order valence-corrected chi connectivity index (χ3v) is 4.17. The van der Waals surface area contributed by atoms with E-state index in [1.54, 1.807) is 17.8 Å². The summed E-state index contributed by atoms with van der Waals surface area (Å²) in [5.41, 5.74) is 0.958. The number of nitrogens with zero attached hydrogens (tertiary/aromatic N) is 3. The molecule has 0 atom stereocenters. The minimum absolute atomic E-state index is 0.385. The smallest absolute Gasteiger partial charge is 0.155 e. The Morgan fingerprint density at radius 3 is 2.62 bits per heavy atom. The Balaban J connectivity index is 2.30. The van der Waals surface area contributed by atoms with Gasteiger partial charge >= 0.3 is 0 Å². The van der Waals surface area contributed by atoms with Crippen LogP contribution >= 0.6 is 11.8 Å². The first-order valence-corrected chi connectivity index (χ1v) is 6.19. The van der Waals surface area contributed by atoms with Crippen molar-refractivity contribution >= 4 is 11.8 Å². The van der Waals surface area contributed by atoms with Crippen LogP contribution in [0.15, 0.2) is 17.2 Å². The van der Waals surface area contributed by atoms with Gasteiger partial charge in [0.25, 0.3) is 0 Å². The van der Waals surface area contributed by atoms with Crippen molar-refractivity contribution in [1.82, 2.24) is 4.98 Å². The van der Waals surface area contributed by atoms with Crippen molar-refractivity contribution in [2.45, 2.75) is 35.8 Å². The lowest BCUT2D eigenvalue weighted by atomic mass is 10.2. The number of aromatic nitrogens is 1.